The zero-order chi connectivity index (χ0) is 10.8. The molecule has 0 saturated heterocycles. The molecule has 0 heteroatoms. The molecule has 1 aromatic carbocycles. The van der Waals surface area contributed by atoms with E-state index in [1.54, 1.807) is 0 Å². The van der Waals surface area contributed by atoms with Gasteiger partial charge >= 0.3 is 0 Å². The Morgan fingerprint density at radius 1 is 1.21 bits per heavy atom. The Bertz CT molecular complexity index is 358. The monoisotopic (exact) mass is 188 g/mol. The molecule has 0 saturated carbocycles. The molecule has 0 heterocycles. The van der Waals surface area contributed by atoms with E-state index in [1.807, 2.05) is 37.3 Å². The highest BCUT2D eigenvalue weighted by atomic mass is 13.8. The van der Waals surface area contributed by atoms with Gasteiger partial charge in [-0.05, 0) is 17.4 Å². The minimum Gasteiger partial charge on any atom is -0.0912 e. The topological polar surface area (TPSA) is 0 Å². The third kappa shape index (κ3) is 5.36. The zero-order valence-electron chi connectivity index (χ0n) is 9.46. The quantitative estimate of drug-likeness (QED) is 0.635. The molecule has 0 radical (unpaired) electrons. The fourth-order valence-corrected chi connectivity index (χ4v) is 0.897. The summed E-state index contributed by atoms with van der Waals surface area (Å²) < 4.78 is 0. The van der Waals surface area contributed by atoms with Crippen molar-refractivity contribution in [2.24, 2.45) is 0 Å². The summed E-state index contributed by atoms with van der Waals surface area (Å²) in [5, 5.41) is 2.26. The summed E-state index contributed by atoms with van der Waals surface area (Å²) in [6, 6.07) is 8.08. The molecule has 1 aromatic rings. The van der Waals surface area contributed by atoms with Gasteiger partial charge in [-0.3, -0.25) is 0 Å². The fourth-order valence-electron chi connectivity index (χ4n) is 0.897. The molecule has 1 rings (SSSR count). The number of hydrogen-bond donors (Lipinski definition) is 0. The lowest BCUT2D eigenvalue weighted by Crippen LogP contribution is -2.21. The molecule has 0 aromatic heterocycles. The fraction of sp³-hybridized carbons (Fsp3) is 0.286. The van der Waals surface area contributed by atoms with E-state index in [9.17, 15) is 0 Å². The molecule has 0 bridgehead atoms. The highest BCUT2D eigenvalue weighted by Gasteiger charge is 1.76. The average molecular weight is 188 g/mol. The molecule has 0 N–H and O–H groups in total. The number of benzene rings is 1. The Morgan fingerprint density at radius 3 is 2.29 bits per heavy atom. The molecule has 0 aliphatic carbocycles. The van der Waals surface area contributed by atoms with Gasteiger partial charge in [0.25, 0.3) is 0 Å². The van der Waals surface area contributed by atoms with Crippen LogP contribution < -0.4 is 10.4 Å². The van der Waals surface area contributed by atoms with Crippen molar-refractivity contribution in [1.82, 2.24) is 0 Å². The summed E-state index contributed by atoms with van der Waals surface area (Å²) in [4.78, 5) is 0. The first-order valence-electron chi connectivity index (χ1n) is 5.13. The van der Waals surface area contributed by atoms with Crippen LogP contribution in [0.15, 0.2) is 36.4 Å². The Kier molecular flexibility index (Phi) is 7.53. The van der Waals surface area contributed by atoms with Gasteiger partial charge in [0.05, 0.1) is 0 Å². The maximum Gasteiger partial charge on any atom is -0.0190 e. The van der Waals surface area contributed by atoms with Crippen molar-refractivity contribution in [3.8, 4) is 0 Å². The Morgan fingerprint density at radius 2 is 1.79 bits per heavy atom. The van der Waals surface area contributed by atoms with Crippen LogP contribution in [0.3, 0.4) is 0 Å². The number of allylic oxidation sites excluding steroid dienone is 2. The van der Waals surface area contributed by atoms with E-state index in [2.05, 4.69) is 32.6 Å². The molecular formula is C14H20. The second-order valence-electron chi connectivity index (χ2n) is 3.10. The Hall–Kier alpha value is -1.30. The van der Waals surface area contributed by atoms with Crippen molar-refractivity contribution < 1.29 is 0 Å². The molecule has 0 spiro atoms. The van der Waals surface area contributed by atoms with Crippen LogP contribution in [-0.2, 0) is 0 Å². The van der Waals surface area contributed by atoms with Gasteiger partial charge in [0.2, 0.25) is 0 Å². The lowest BCUT2D eigenvalue weighted by molar-refractivity contribution is 1.09. The van der Waals surface area contributed by atoms with E-state index in [0.29, 0.717) is 0 Å². The summed E-state index contributed by atoms with van der Waals surface area (Å²) in [5.74, 6) is 0. The molecule has 0 nitrogen and oxygen atoms in total. The smallest absolute Gasteiger partial charge is 0.0190 e. The molecule has 0 fully saturated rings. The van der Waals surface area contributed by atoms with Gasteiger partial charge in [0, 0.05) is 0 Å². The standard InChI is InChI=1S/C11H12.C3H8/c1-3-4-8-11-9-6-5-7-10(11)2;1-3-2/h3-9H,2H2,1H3;3H2,1-2H3/b4-3-,11-8-;. The summed E-state index contributed by atoms with van der Waals surface area (Å²) in [7, 11) is 0. The van der Waals surface area contributed by atoms with Crippen LogP contribution in [0, 0.1) is 0 Å². The first-order chi connectivity index (χ1) is 6.76. The van der Waals surface area contributed by atoms with Gasteiger partial charge < -0.3 is 0 Å². The highest BCUT2D eigenvalue weighted by Crippen LogP contribution is 1.73. The molecule has 0 aliphatic heterocycles. The summed E-state index contributed by atoms with van der Waals surface area (Å²) in [6.45, 7) is 10.2. The lowest BCUT2D eigenvalue weighted by Gasteiger charge is -1.84. The second kappa shape index (κ2) is 8.31. The average Bonchev–Trinajstić information content (AvgIpc) is 2.18. The third-order valence-corrected chi connectivity index (χ3v) is 1.52. The molecular weight excluding hydrogens is 168 g/mol. The van der Waals surface area contributed by atoms with Crippen molar-refractivity contribution in [3.63, 3.8) is 0 Å². The second-order valence-corrected chi connectivity index (χ2v) is 3.10. The van der Waals surface area contributed by atoms with Crippen LogP contribution in [-0.4, -0.2) is 0 Å². The third-order valence-electron chi connectivity index (χ3n) is 1.52. The Labute approximate surface area is 87.3 Å². The van der Waals surface area contributed by atoms with Gasteiger partial charge in [0.1, 0.15) is 0 Å². The number of rotatable bonds is 1. The van der Waals surface area contributed by atoms with E-state index in [0.717, 1.165) is 5.22 Å². The van der Waals surface area contributed by atoms with E-state index < -0.39 is 0 Å². The van der Waals surface area contributed by atoms with E-state index in [-0.39, 0.29) is 0 Å². The van der Waals surface area contributed by atoms with Gasteiger partial charge in [-0.1, -0.05) is 69.3 Å². The highest BCUT2D eigenvalue weighted by molar-refractivity contribution is 5.37. The van der Waals surface area contributed by atoms with Crippen molar-refractivity contribution in [2.45, 2.75) is 27.2 Å². The van der Waals surface area contributed by atoms with Crippen LogP contribution in [0.1, 0.15) is 27.2 Å². The molecule has 0 amide bonds. The van der Waals surface area contributed by atoms with E-state index >= 15 is 0 Å². The largest absolute Gasteiger partial charge is 0.0912 e. The first-order valence-corrected chi connectivity index (χ1v) is 5.13. The SMILES string of the molecule is C=c1cccc/c1=C/C=C\C.CCC. The molecule has 0 unspecified atom stereocenters. The predicted molar refractivity (Wildman–Crippen MR) is 66.5 cm³/mol. The van der Waals surface area contributed by atoms with Crippen molar-refractivity contribution in [3.05, 3.63) is 46.9 Å². The molecule has 14 heavy (non-hydrogen) atoms. The van der Waals surface area contributed by atoms with Crippen molar-refractivity contribution in [2.75, 3.05) is 0 Å². The number of hydrogen-bond acceptors (Lipinski definition) is 0. The maximum absolute atomic E-state index is 3.91. The lowest BCUT2D eigenvalue weighted by atomic mass is 10.2. The van der Waals surface area contributed by atoms with Gasteiger partial charge in [-0.15, -0.1) is 0 Å². The minimum atomic E-state index is 1.07. The van der Waals surface area contributed by atoms with Crippen LogP contribution in [0.4, 0.5) is 0 Å². The van der Waals surface area contributed by atoms with Crippen LogP contribution in [0.2, 0.25) is 0 Å². The molecule has 76 valence electrons. The van der Waals surface area contributed by atoms with Crippen LogP contribution >= 0.6 is 0 Å². The maximum atomic E-state index is 3.91. The summed E-state index contributed by atoms with van der Waals surface area (Å²) in [6.07, 6.45) is 7.33. The predicted octanol–water partition coefficient (Wildman–Crippen LogP) is 2.87. The van der Waals surface area contributed by atoms with Crippen LogP contribution in [0.5, 0.6) is 0 Å². The zero-order valence-corrected chi connectivity index (χ0v) is 9.46. The van der Waals surface area contributed by atoms with E-state index in [1.165, 1.54) is 11.6 Å². The van der Waals surface area contributed by atoms with Crippen molar-refractivity contribution >= 4 is 12.7 Å². The first kappa shape index (κ1) is 12.7. The summed E-state index contributed by atoms with van der Waals surface area (Å²) >= 11 is 0. The van der Waals surface area contributed by atoms with E-state index in [4.69, 9.17) is 0 Å². The summed E-state index contributed by atoms with van der Waals surface area (Å²) in [5.41, 5.74) is 0. The van der Waals surface area contributed by atoms with Gasteiger partial charge in [-0.2, -0.15) is 0 Å². The normalized spacial score (nSPS) is 11.2. The Balaban J connectivity index is 0.000000500. The molecule has 0 atom stereocenters. The molecule has 0 aliphatic rings. The van der Waals surface area contributed by atoms with Crippen molar-refractivity contribution in [1.29, 1.82) is 0 Å². The van der Waals surface area contributed by atoms with Crippen LogP contribution in [0.25, 0.3) is 12.7 Å². The van der Waals surface area contributed by atoms with Gasteiger partial charge in [0.15, 0.2) is 0 Å². The minimum absolute atomic E-state index is 1.07. The van der Waals surface area contributed by atoms with Gasteiger partial charge in [-0.25, -0.2) is 0 Å².